The molecule has 0 atom stereocenters. The molecule has 0 aliphatic heterocycles. The number of carbonyl (C=O) groups is 1. The number of nitrogens with two attached hydrogens (primary N) is 1. The van der Waals surface area contributed by atoms with Crippen LogP contribution in [0.1, 0.15) is 37.4 Å². The van der Waals surface area contributed by atoms with Crippen LogP contribution >= 0.6 is 22.9 Å². The minimum atomic E-state index is 0.00789. The Morgan fingerprint density at radius 1 is 1.33 bits per heavy atom. The van der Waals surface area contributed by atoms with E-state index in [1.807, 2.05) is 36.9 Å². The fraction of sp³-hybridized carbons (Fsp3) is 0.438. The molecule has 0 aliphatic carbocycles. The molecule has 0 saturated heterocycles. The number of nitrogen functional groups attached to an aromatic ring is 1. The summed E-state index contributed by atoms with van der Waals surface area (Å²) in [4.78, 5) is 15.3. The number of anilines is 1. The first kappa shape index (κ1) is 16.1. The van der Waals surface area contributed by atoms with E-state index >= 15 is 0 Å². The lowest BCUT2D eigenvalue weighted by molar-refractivity contribution is 0.0688. The molecule has 1 heterocycles. The molecule has 2 aromatic rings. The summed E-state index contributed by atoms with van der Waals surface area (Å²) < 4.78 is 0.994. The van der Waals surface area contributed by atoms with Crippen LogP contribution in [0.25, 0.3) is 10.1 Å². The molecule has 0 fully saturated rings. The number of hydrogen-bond donors (Lipinski definition) is 1. The van der Waals surface area contributed by atoms with E-state index in [-0.39, 0.29) is 11.9 Å². The highest BCUT2D eigenvalue weighted by atomic mass is 35.5. The number of amides is 1. The molecule has 21 heavy (non-hydrogen) atoms. The molecule has 1 aromatic carbocycles. The summed E-state index contributed by atoms with van der Waals surface area (Å²) in [5, 5.41) is 1.50. The van der Waals surface area contributed by atoms with Gasteiger partial charge in [0.25, 0.3) is 5.91 Å². The van der Waals surface area contributed by atoms with Gasteiger partial charge in [-0.1, -0.05) is 25.4 Å². The highest BCUT2D eigenvalue weighted by Gasteiger charge is 2.24. The van der Waals surface area contributed by atoms with Crippen molar-refractivity contribution in [3.05, 3.63) is 28.1 Å². The molecule has 1 aromatic heterocycles. The number of nitrogens with zero attached hydrogens (tertiary/aromatic N) is 1. The summed E-state index contributed by atoms with van der Waals surface area (Å²) in [5.41, 5.74) is 6.72. The molecule has 2 rings (SSSR count). The first-order chi connectivity index (χ1) is 9.81. The minimum Gasteiger partial charge on any atom is -0.397 e. The average molecular weight is 325 g/mol. The maximum Gasteiger partial charge on any atom is 0.266 e. The van der Waals surface area contributed by atoms with Crippen LogP contribution in [-0.4, -0.2) is 23.4 Å². The zero-order valence-corrected chi connectivity index (χ0v) is 14.4. The van der Waals surface area contributed by atoms with Crippen molar-refractivity contribution in [1.82, 2.24) is 4.90 Å². The fourth-order valence-corrected chi connectivity index (χ4v) is 3.53. The monoisotopic (exact) mass is 324 g/mol. The smallest absolute Gasteiger partial charge is 0.266 e. The predicted molar refractivity (Wildman–Crippen MR) is 92.3 cm³/mol. The third-order valence-corrected chi connectivity index (χ3v) is 4.74. The summed E-state index contributed by atoms with van der Waals surface area (Å²) in [5.74, 6) is 0.426. The van der Waals surface area contributed by atoms with Crippen LogP contribution in [0.5, 0.6) is 0 Å². The van der Waals surface area contributed by atoms with Crippen molar-refractivity contribution in [1.29, 1.82) is 0 Å². The van der Waals surface area contributed by atoms with E-state index in [0.29, 0.717) is 21.5 Å². The lowest BCUT2D eigenvalue weighted by Gasteiger charge is -2.28. The summed E-state index contributed by atoms with van der Waals surface area (Å²) in [7, 11) is 0. The number of rotatable bonds is 4. The molecule has 0 radical (unpaired) electrons. The van der Waals surface area contributed by atoms with Gasteiger partial charge in [-0.15, -0.1) is 11.3 Å². The van der Waals surface area contributed by atoms with E-state index in [9.17, 15) is 4.79 Å². The normalized spacial score (nSPS) is 11.6. The van der Waals surface area contributed by atoms with Gasteiger partial charge in [0.15, 0.2) is 0 Å². The van der Waals surface area contributed by atoms with E-state index in [0.717, 1.165) is 16.6 Å². The molecule has 0 spiro atoms. The SMILES string of the molecule is CC(C)CN(C(=O)c1sc2ccc(Cl)cc2c1N)C(C)C. The third-order valence-electron chi connectivity index (χ3n) is 3.33. The van der Waals surface area contributed by atoms with Gasteiger partial charge in [-0.05, 0) is 38.0 Å². The van der Waals surface area contributed by atoms with Gasteiger partial charge in [-0.2, -0.15) is 0 Å². The van der Waals surface area contributed by atoms with Crippen LogP contribution < -0.4 is 5.73 Å². The van der Waals surface area contributed by atoms with Crippen LogP contribution in [0.3, 0.4) is 0 Å². The first-order valence-corrected chi connectivity index (χ1v) is 8.29. The van der Waals surface area contributed by atoms with E-state index < -0.39 is 0 Å². The Balaban J connectivity index is 2.44. The summed E-state index contributed by atoms with van der Waals surface area (Å²) in [6, 6.07) is 5.70. The van der Waals surface area contributed by atoms with Crippen molar-refractivity contribution < 1.29 is 4.79 Å². The number of thiophene rings is 1. The molecule has 2 N–H and O–H groups in total. The molecular formula is C16H21ClN2OS. The molecule has 5 heteroatoms. The van der Waals surface area contributed by atoms with Crippen molar-refractivity contribution >= 4 is 44.6 Å². The van der Waals surface area contributed by atoms with E-state index in [2.05, 4.69) is 13.8 Å². The van der Waals surface area contributed by atoms with Gasteiger partial charge >= 0.3 is 0 Å². The van der Waals surface area contributed by atoms with Crippen LogP contribution in [0, 0.1) is 5.92 Å². The van der Waals surface area contributed by atoms with Crippen LogP contribution in [0.4, 0.5) is 5.69 Å². The lowest BCUT2D eigenvalue weighted by Crippen LogP contribution is -2.39. The molecule has 0 saturated carbocycles. The van der Waals surface area contributed by atoms with Crippen LogP contribution in [0.15, 0.2) is 18.2 Å². The van der Waals surface area contributed by atoms with Crippen molar-refractivity contribution in [3.63, 3.8) is 0 Å². The second kappa shape index (κ2) is 6.24. The Hall–Kier alpha value is -1.26. The highest BCUT2D eigenvalue weighted by molar-refractivity contribution is 7.21. The average Bonchev–Trinajstić information content (AvgIpc) is 2.72. The zero-order chi connectivity index (χ0) is 15.7. The second-order valence-electron chi connectivity index (χ2n) is 5.93. The first-order valence-electron chi connectivity index (χ1n) is 7.09. The van der Waals surface area contributed by atoms with Gasteiger partial charge in [0.2, 0.25) is 0 Å². The maximum atomic E-state index is 12.8. The Morgan fingerprint density at radius 2 is 2.00 bits per heavy atom. The molecule has 114 valence electrons. The fourth-order valence-electron chi connectivity index (χ4n) is 2.30. The van der Waals surface area contributed by atoms with Crippen molar-refractivity contribution in [2.24, 2.45) is 5.92 Å². The van der Waals surface area contributed by atoms with E-state index in [1.165, 1.54) is 11.3 Å². The maximum absolute atomic E-state index is 12.8. The Kier molecular flexibility index (Phi) is 4.79. The third kappa shape index (κ3) is 3.33. The van der Waals surface area contributed by atoms with Crippen molar-refractivity contribution in [3.8, 4) is 0 Å². The molecule has 3 nitrogen and oxygen atoms in total. The van der Waals surface area contributed by atoms with Crippen LogP contribution in [-0.2, 0) is 0 Å². The molecule has 0 bridgehead atoms. The number of fused-ring (bicyclic) bond motifs is 1. The molecule has 0 unspecified atom stereocenters. The van der Waals surface area contributed by atoms with Crippen molar-refractivity contribution in [2.75, 3.05) is 12.3 Å². The molecular weight excluding hydrogens is 304 g/mol. The van der Waals surface area contributed by atoms with Gasteiger partial charge in [-0.25, -0.2) is 0 Å². The largest absolute Gasteiger partial charge is 0.397 e. The number of benzene rings is 1. The van der Waals surface area contributed by atoms with Gasteiger partial charge in [0, 0.05) is 27.7 Å². The molecule has 1 amide bonds. The van der Waals surface area contributed by atoms with Gasteiger partial charge in [0.05, 0.1) is 5.69 Å². The number of halogens is 1. The number of hydrogen-bond acceptors (Lipinski definition) is 3. The van der Waals surface area contributed by atoms with Gasteiger partial charge < -0.3 is 10.6 Å². The van der Waals surface area contributed by atoms with Gasteiger partial charge in [0.1, 0.15) is 4.88 Å². The van der Waals surface area contributed by atoms with Gasteiger partial charge in [-0.3, -0.25) is 4.79 Å². The Morgan fingerprint density at radius 3 is 2.57 bits per heavy atom. The standard InChI is InChI=1S/C16H21ClN2OS/c1-9(2)8-19(10(3)4)16(20)15-14(18)12-7-11(17)5-6-13(12)21-15/h5-7,9-10H,8,18H2,1-4H3. The highest BCUT2D eigenvalue weighted by Crippen LogP contribution is 2.36. The lowest BCUT2D eigenvalue weighted by atomic mass is 10.1. The Labute approximate surface area is 134 Å². The number of carbonyl (C=O) groups excluding carboxylic acids is 1. The quantitative estimate of drug-likeness (QED) is 0.890. The second-order valence-corrected chi connectivity index (χ2v) is 7.42. The minimum absolute atomic E-state index is 0.00789. The summed E-state index contributed by atoms with van der Waals surface area (Å²) in [6.45, 7) is 9.00. The van der Waals surface area contributed by atoms with Crippen LogP contribution in [0.2, 0.25) is 5.02 Å². The van der Waals surface area contributed by atoms with E-state index in [1.54, 1.807) is 0 Å². The summed E-state index contributed by atoms with van der Waals surface area (Å²) in [6.07, 6.45) is 0. The molecule has 0 aliphatic rings. The topological polar surface area (TPSA) is 46.3 Å². The van der Waals surface area contributed by atoms with Crippen molar-refractivity contribution in [2.45, 2.75) is 33.7 Å². The zero-order valence-electron chi connectivity index (χ0n) is 12.8. The Bertz CT molecular complexity index is 664. The van der Waals surface area contributed by atoms with E-state index in [4.69, 9.17) is 17.3 Å². The summed E-state index contributed by atoms with van der Waals surface area (Å²) >= 11 is 7.45. The predicted octanol–water partition coefficient (Wildman–Crippen LogP) is 4.64.